The molecule has 0 spiro atoms. The van der Waals surface area contributed by atoms with E-state index < -0.39 is 30.0 Å². The molecule has 0 aliphatic rings. The predicted octanol–water partition coefficient (Wildman–Crippen LogP) is 4.12. The Balaban J connectivity index is 1.48. The number of rotatable bonds is 8. The standard InChI is InChI=1S/C22H19F2NO5/c1-13-18(14(2)30-25-13)11-28-17-6-3-15(4-7-17)9-22(27)29-12-21(26)16-5-8-19(23)20(24)10-16/h3-8,10H,9,11-12H2,1-2H3. The summed E-state index contributed by atoms with van der Waals surface area (Å²) in [6, 6.07) is 9.60. The number of ether oxygens (including phenoxy) is 2. The van der Waals surface area contributed by atoms with Gasteiger partial charge in [0.15, 0.2) is 24.0 Å². The molecule has 6 nitrogen and oxygen atoms in total. The fourth-order valence-corrected chi connectivity index (χ4v) is 2.68. The SMILES string of the molecule is Cc1noc(C)c1COc1ccc(CC(=O)OCC(=O)c2ccc(F)c(F)c2)cc1. The highest BCUT2D eigenvalue weighted by atomic mass is 19.2. The van der Waals surface area contributed by atoms with Crippen molar-refractivity contribution >= 4 is 11.8 Å². The summed E-state index contributed by atoms with van der Waals surface area (Å²) in [5, 5.41) is 3.87. The minimum absolute atomic E-state index is 0.0464. The number of carbonyl (C=O) groups is 2. The average molecular weight is 415 g/mol. The summed E-state index contributed by atoms with van der Waals surface area (Å²) in [4.78, 5) is 23.9. The van der Waals surface area contributed by atoms with Gasteiger partial charge in [0.1, 0.15) is 18.1 Å². The van der Waals surface area contributed by atoms with E-state index in [1.54, 1.807) is 24.3 Å². The molecule has 0 fully saturated rings. The van der Waals surface area contributed by atoms with E-state index in [4.69, 9.17) is 14.0 Å². The molecule has 0 radical (unpaired) electrons. The monoisotopic (exact) mass is 415 g/mol. The summed E-state index contributed by atoms with van der Waals surface area (Å²) >= 11 is 0. The highest BCUT2D eigenvalue weighted by molar-refractivity contribution is 5.98. The minimum atomic E-state index is -1.14. The molecule has 8 heteroatoms. The van der Waals surface area contributed by atoms with E-state index in [2.05, 4.69) is 5.16 Å². The topological polar surface area (TPSA) is 78.6 Å². The molecular formula is C22H19F2NO5. The van der Waals surface area contributed by atoms with E-state index in [1.165, 1.54) is 0 Å². The van der Waals surface area contributed by atoms with E-state index >= 15 is 0 Å². The van der Waals surface area contributed by atoms with Gasteiger partial charge in [-0.1, -0.05) is 17.3 Å². The normalized spacial score (nSPS) is 10.7. The third kappa shape index (κ3) is 5.28. The van der Waals surface area contributed by atoms with Crippen LogP contribution in [0.4, 0.5) is 8.78 Å². The van der Waals surface area contributed by atoms with Gasteiger partial charge in [-0.15, -0.1) is 0 Å². The van der Waals surface area contributed by atoms with Gasteiger partial charge >= 0.3 is 5.97 Å². The molecule has 0 saturated carbocycles. The number of ketones is 1. The molecule has 1 aromatic heterocycles. The van der Waals surface area contributed by atoms with Crippen LogP contribution in [-0.2, 0) is 22.6 Å². The second-order valence-electron chi connectivity index (χ2n) is 6.62. The lowest BCUT2D eigenvalue weighted by atomic mass is 10.1. The molecule has 2 aromatic carbocycles. The van der Waals surface area contributed by atoms with Crippen LogP contribution in [0.1, 0.15) is 32.9 Å². The number of hydrogen-bond donors (Lipinski definition) is 0. The van der Waals surface area contributed by atoms with Crippen LogP contribution in [0.2, 0.25) is 0 Å². The first-order valence-electron chi connectivity index (χ1n) is 9.11. The van der Waals surface area contributed by atoms with Gasteiger partial charge in [-0.25, -0.2) is 8.78 Å². The van der Waals surface area contributed by atoms with Crippen molar-refractivity contribution < 1.29 is 32.4 Å². The smallest absolute Gasteiger partial charge is 0.310 e. The molecular weight excluding hydrogens is 396 g/mol. The Bertz CT molecular complexity index is 1040. The largest absolute Gasteiger partial charge is 0.489 e. The second kappa shape index (κ2) is 9.30. The number of carbonyl (C=O) groups excluding carboxylic acids is 2. The quantitative estimate of drug-likeness (QED) is 0.407. The fourth-order valence-electron chi connectivity index (χ4n) is 2.68. The number of nitrogens with zero attached hydrogens (tertiary/aromatic N) is 1. The van der Waals surface area contributed by atoms with Crippen molar-refractivity contribution in [1.29, 1.82) is 0 Å². The summed E-state index contributed by atoms with van der Waals surface area (Å²) in [5.41, 5.74) is 2.25. The lowest BCUT2D eigenvalue weighted by Gasteiger charge is -2.08. The van der Waals surface area contributed by atoms with Crippen molar-refractivity contribution in [3.8, 4) is 5.75 Å². The summed E-state index contributed by atoms with van der Waals surface area (Å²) < 4.78 is 41.8. The van der Waals surface area contributed by atoms with Crippen LogP contribution in [0.15, 0.2) is 47.0 Å². The van der Waals surface area contributed by atoms with Gasteiger partial charge in [-0.3, -0.25) is 9.59 Å². The third-order valence-electron chi connectivity index (χ3n) is 4.44. The van der Waals surface area contributed by atoms with Gasteiger partial charge in [-0.05, 0) is 49.7 Å². The molecule has 0 aliphatic carbocycles. The first-order valence-corrected chi connectivity index (χ1v) is 9.11. The summed E-state index contributed by atoms with van der Waals surface area (Å²) in [5.74, 6) is -2.11. The van der Waals surface area contributed by atoms with Crippen molar-refractivity contribution in [2.45, 2.75) is 26.9 Å². The van der Waals surface area contributed by atoms with E-state index in [1.807, 2.05) is 13.8 Å². The molecule has 0 amide bonds. The molecule has 30 heavy (non-hydrogen) atoms. The molecule has 1 heterocycles. The molecule has 3 rings (SSSR count). The number of halogens is 2. The Labute approximate surface area is 171 Å². The second-order valence-corrected chi connectivity index (χ2v) is 6.62. The van der Waals surface area contributed by atoms with Crippen molar-refractivity contribution in [3.05, 3.63) is 82.2 Å². The van der Waals surface area contributed by atoms with Crippen LogP contribution in [0.25, 0.3) is 0 Å². The Morgan fingerprint density at radius 3 is 2.40 bits per heavy atom. The zero-order valence-electron chi connectivity index (χ0n) is 16.4. The fraction of sp³-hybridized carbons (Fsp3) is 0.227. The van der Waals surface area contributed by atoms with Gasteiger partial charge in [0, 0.05) is 5.56 Å². The lowest BCUT2D eigenvalue weighted by Crippen LogP contribution is -2.16. The van der Waals surface area contributed by atoms with Gasteiger partial charge in [0.2, 0.25) is 0 Å². The maximum absolute atomic E-state index is 13.2. The summed E-state index contributed by atoms with van der Waals surface area (Å²) in [7, 11) is 0. The number of benzene rings is 2. The van der Waals surface area contributed by atoms with Crippen LogP contribution in [0.5, 0.6) is 5.75 Å². The zero-order chi connectivity index (χ0) is 21.7. The molecule has 156 valence electrons. The van der Waals surface area contributed by atoms with Gasteiger partial charge in [0.25, 0.3) is 0 Å². The van der Waals surface area contributed by atoms with Crippen molar-refractivity contribution in [2.24, 2.45) is 0 Å². The molecule has 3 aromatic rings. The Kier molecular flexibility index (Phi) is 6.56. The molecule has 0 N–H and O–H groups in total. The average Bonchev–Trinajstić information content (AvgIpc) is 3.05. The Morgan fingerprint density at radius 2 is 1.77 bits per heavy atom. The number of esters is 1. The predicted molar refractivity (Wildman–Crippen MR) is 102 cm³/mol. The highest BCUT2D eigenvalue weighted by Gasteiger charge is 2.13. The number of hydrogen-bond acceptors (Lipinski definition) is 6. The van der Waals surface area contributed by atoms with Crippen LogP contribution in [0, 0.1) is 25.5 Å². The number of Topliss-reactive ketones (excluding diaryl/α,β-unsaturated/α-hetero) is 1. The van der Waals surface area contributed by atoms with Crippen LogP contribution in [-0.4, -0.2) is 23.5 Å². The van der Waals surface area contributed by atoms with Crippen LogP contribution < -0.4 is 4.74 Å². The van der Waals surface area contributed by atoms with E-state index in [-0.39, 0.29) is 12.0 Å². The summed E-state index contributed by atoms with van der Waals surface area (Å²) in [6.07, 6.45) is -0.0464. The zero-order valence-corrected chi connectivity index (χ0v) is 16.4. The maximum atomic E-state index is 13.2. The molecule has 0 atom stereocenters. The molecule has 0 unspecified atom stereocenters. The molecule has 0 saturated heterocycles. The minimum Gasteiger partial charge on any atom is -0.489 e. The first-order chi connectivity index (χ1) is 14.3. The van der Waals surface area contributed by atoms with E-state index in [0.717, 1.165) is 29.5 Å². The van der Waals surface area contributed by atoms with Crippen molar-refractivity contribution in [3.63, 3.8) is 0 Å². The van der Waals surface area contributed by atoms with Gasteiger partial charge in [0.05, 0.1) is 17.7 Å². The third-order valence-corrected chi connectivity index (χ3v) is 4.44. The lowest BCUT2D eigenvalue weighted by molar-refractivity contribution is -0.141. The Hall–Kier alpha value is -3.55. The number of aromatic nitrogens is 1. The summed E-state index contributed by atoms with van der Waals surface area (Å²) in [6.45, 7) is 3.41. The van der Waals surface area contributed by atoms with Crippen LogP contribution in [0.3, 0.4) is 0 Å². The van der Waals surface area contributed by atoms with Crippen molar-refractivity contribution in [1.82, 2.24) is 5.16 Å². The van der Waals surface area contributed by atoms with E-state index in [0.29, 0.717) is 23.7 Å². The van der Waals surface area contributed by atoms with Gasteiger partial charge < -0.3 is 14.0 Å². The molecule has 0 aliphatic heterocycles. The highest BCUT2D eigenvalue weighted by Crippen LogP contribution is 2.18. The maximum Gasteiger partial charge on any atom is 0.310 e. The number of aryl methyl sites for hydroxylation is 2. The van der Waals surface area contributed by atoms with Gasteiger partial charge in [-0.2, -0.15) is 0 Å². The van der Waals surface area contributed by atoms with E-state index in [9.17, 15) is 18.4 Å². The first kappa shape index (κ1) is 21.2. The van der Waals surface area contributed by atoms with Crippen LogP contribution >= 0.6 is 0 Å². The molecule has 0 bridgehead atoms. The van der Waals surface area contributed by atoms with Crippen molar-refractivity contribution in [2.75, 3.05) is 6.61 Å². The Morgan fingerprint density at radius 1 is 1.03 bits per heavy atom.